The minimum Gasteiger partial charge on any atom is -0.354 e. The van der Waals surface area contributed by atoms with Crippen molar-refractivity contribution in [3.05, 3.63) is 21.4 Å². The van der Waals surface area contributed by atoms with Crippen LogP contribution >= 0.6 is 23.1 Å². The minimum absolute atomic E-state index is 0.0373. The van der Waals surface area contributed by atoms with Crippen LogP contribution in [-0.4, -0.2) is 52.8 Å². The third kappa shape index (κ3) is 3.17. The fraction of sp³-hybridized carbons (Fsp3) is 0.562. The second-order valence-corrected chi connectivity index (χ2v) is 9.27. The number of rotatable bonds is 2. The zero-order valence-corrected chi connectivity index (χ0v) is 15.6. The maximum absolute atomic E-state index is 12.7. The lowest BCUT2D eigenvalue weighted by Gasteiger charge is -2.36. The van der Waals surface area contributed by atoms with Crippen molar-refractivity contribution < 1.29 is 14.4 Å². The second-order valence-electron chi connectivity index (χ2n) is 6.50. The molecule has 1 saturated heterocycles. The van der Waals surface area contributed by atoms with E-state index in [9.17, 15) is 14.4 Å². The highest BCUT2D eigenvalue weighted by Crippen LogP contribution is 2.31. The molecule has 0 unspecified atom stereocenters. The van der Waals surface area contributed by atoms with E-state index in [1.165, 1.54) is 28.0 Å². The third-order valence-electron chi connectivity index (χ3n) is 4.39. The molecule has 0 bridgehead atoms. The van der Waals surface area contributed by atoms with Gasteiger partial charge in [0.15, 0.2) is 0 Å². The van der Waals surface area contributed by atoms with E-state index in [0.29, 0.717) is 23.7 Å². The van der Waals surface area contributed by atoms with Gasteiger partial charge in [-0.05, 0) is 31.9 Å². The number of hydrogen-bond donors (Lipinski definition) is 2. The van der Waals surface area contributed by atoms with Crippen LogP contribution in [-0.2, 0) is 22.6 Å². The van der Waals surface area contributed by atoms with Gasteiger partial charge >= 0.3 is 0 Å². The molecule has 1 fully saturated rings. The molecule has 0 aromatic carbocycles. The summed E-state index contributed by atoms with van der Waals surface area (Å²) in [6, 6.07) is 1.41. The van der Waals surface area contributed by atoms with Gasteiger partial charge < -0.3 is 15.5 Å². The number of fused-ring (bicyclic) bond motifs is 1. The predicted molar refractivity (Wildman–Crippen MR) is 95.3 cm³/mol. The number of amides is 3. The Bertz CT molecular complexity index is 699. The highest BCUT2D eigenvalue weighted by atomic mass is 32.2. The molecule has 2 aliphatic heterocycles. The fourth-order valence-electron chi connectivity index (χ4n) is 2.84. The van der Waals surface area contributed by atoms with Crippen LogP contribution in [0.3, 0.4) is 0 Å². The summed E-state index contributed by atoms with van der Waals surface area (Å²) in [5, 5.41) is 5.48. The Hall–Kier alpha value is -1.54. The zero-order chi connectivity index (χ0) is 17.5. The van der Waals surface area contributed by atoms with Gasteiger partial charge in [-0.3, -0.25) is 14.4 Å². The molecule has 8 heteroatoms. The van der Waals surface area contributed by atoms with Gasteiger partial charge in [-0.25, -0.2) is 0 Å². The first-order valence-electron chi connectivity index (χ1n) is 7.89. The normalized spacial score (nSPS) is 22.5. The van der Waals surface area contributed by atoms with Gasteiger partial charge in [-0.1, -0.05) is 0 Å². The lowest BCUT2D eigenvalue weighted by Crippen LogP contribution is -2.58. The molecule has 1 atom stereocenters. The van der Waals surface area contributed by atoms with E-state index in [4.69, 9.17) is 0 Å². The highest BCUT2D eigenvalue weighted by molar-refractivity contribution is 8.01. The average molecular weight is 367 g/mol. The van der Waals surface area contributed by atoms with Crippen molar-refractivity contribution in [1.82, 2.24) is 15.5 Å². The quantitative estimate of drug-likeness (QED) is 0.818. The Kier molecular flexibility index (Phi) is 4.61. The molecule has 0 radical (unpaired) electrons. The molecule has 2 N–H and O–H groups in total. The number of hydrogen-bond acceptors (Lipinski definition) is 5. The van der Waals surface area contributed by atoms with Crippen LogP contribution in [0.2, 0.25) is 0 Å². The summed E-state index contributed by atoms with van der Waals surface area (Å²) >= 11 is 3.01. The molecule has 0 saturated carbocycles. The monoisotopic (exact) mass is 367 g/mol. The molecule has 1 aromatic rings. The number of nitrogens with one attached hydrogen (secondary N) is 2. The van der Waals surface area contributed by atoms with Gasteiger partial charge in [-0.15, -0.1) is 23.1 Å². The Balaban J connectivity index is 1.69. The number of nitrogens with zero attached hydrogens (tertiary/aromatic N) is 1. The van der Waals surface area contributed by atoms with E-state index >= 15 is 0 Å². The molecular weight excluding hydrogens is 346 g/mol. The number of thiophene rings is 1. The highest BCUT2D eigenvalue weighted by Gasteiger charge is 2.39. The molecule has 2 aliphatic rings. The van der Waals surface area contributed by atoms with Crippen molar-refractivity contribution in [2.75, 3.05) is 19.3 Å². The maximum Gasteiger partial charge on any atom is 0.261 e. The molecule has 3 amide bonds. The largest absolute Gasteiger partial charge is 0.354 e. The molecule has 6 nitrogen and oxygen atoms in total. The van der Waals surface area contributed by atoms with Crippen molar-refractivity contribution in [3.8, 4) is 0 Å². The van der Waals surface area contributed by atoms with Crippen molar-refractivity contribution >= 4 is 40.8 Å². The topological polar surface area (TPSA) is 78.5 Å². The molecule has 0 spiro atoms. The maximum atomic E-state index is 12.7. The van der Waals surface area contributed by atoms with E-state index < -0.39 is 10.8 Å². The molecular formula is C16H21N3O3S2. The molecule has 0 aliphatic carbocycles. The fourth-order valence-corrected chi connectivity index (χ4v) is 4.95. The Labute approximate surface area is 149 Å². The average Bonchev–Trinajstić information content (AvgIpc) is 2.99. The Morgan fingerprint density at radius 2 is 2.17 bits per heavy atom. The van der Waals surface area contributed by atoms with Crippen LogP contribution in [0.5, 0.6) is 0 Å². The lowest BCUT2D eigenvalue weighted by molar-refractivity contribution is -0.137. The molecule has 1 aromatic heterocycles. The van der Waals surface area contributed by atoms with E-state index in [1.807, 2.05) is 19.9 Å². The Morgan fingerprint density at radius 1 is 1.42 bits per heavy atom. The SMILES string of the molecule is CNC(=O)c1cc2c(s1)CCN(C(=O)[C@H]1CSC(C)(C)C(=O)N1)C2. The summed E-state index contributed by atoms with van der Waals surface area (Å²) in [4.78, 5) is 40.2. The van der Waals surface area contributed by atoms with Crippen molar-refractivity contribution in [1.29, 1.82) is 0 Å². The smallest absolute Gasteiger partial charge is 0.261 e. The van der Waals surface area contributed by atoms with E-state index in [2.05, 4.69) is 10.6 Å². The summed E-state index contributed by atoms with van der Waals surface area (Å²) in [5.74, 6) is 0.371. The van der Waals surface area contributed by atoms with Crippen LogP contribution in [0.25, 0.3) is 0 Å². The van der Waals surface area contributed by atoms with Gasteiger partial charge in [0.2, 0.25) is 11.8 Å². The first-order chi connectivity index (χ1) is 11.3. The van der Waals surface area contributed by atoms with Gasteiger partial charge in [0.05, 0.1) is 9.62 Å². The van der Waals surface area contributed by atoms with E-state index in [0.717, 1.165) is 12.0 Å². The van der Waals surface area contributed by atoms with Gasteiger partial charge in [-0.2, -0.15) is 0 Å². The van der Waals surface area contributed by atoms with E-state index in [-0.39, 0.29) is 17.7 Å². The third-order valence-corrected chi connectivity index (χ3v) is 7.03. The van der Waals surface area contributed by atoms with Gasteiger partial charge in [0.25, 0.3) is 5.91 Å². The van der Waals surface area contributed by atoms with Crippen molar-refractivity contribution in [2.45, 2.75) is 37.6 Å². The van der Waals surface area contributed by atoms with Crippen molar-refractivity contribution in [3.63, 3.8) is 0 Å². The van der Waals surface area contributed by atoms with Crippen molar-refractivity contribution in [2.24, 2.45) is 0 Å². The van der Waals surface area contributed by atoms with Crippen LogP contribution in [0.4, 0.5) is 0 Å². The molecule has 3 heterocycles. The molecule has 3 rings (SSSR count). The van der Waals surface area contributed by atoms with Crippen LogP contribution < -0.4 is 10.6 Å². The minimum atomic E-state index is -0.485. The molecule has 24 heavy (non-hydrogen) atoms. The first-order valence-corrected chi connectivity index (χ1v) is 9.69. The molecule has 130 valence electrons. The zero-order valence-electron chi connectivity index (χ0n) is 14.0. The summed E-state index contributed by atoms with van der Waals surface area (Å²) < 4.78 is -0.485. The van der Waals surface area contributed by atoms with E-state index in [1.54, 1.807) is 11.9 Å². The lowest BCUT2D eigenvalue weighted by atomic mass is 10.1. The summed E-state index contributed by atoms with van der Waals surface area (Å²) in [6.07, 6.45) is 0.752. The van der Waals surface area contributed by atoms with Crippen LogP contribution in [0.15, 0.2) is 6.07 Å². The summed E-state index contributed by atoms with van der Waals surface area (Å²) in [6.45, 7) is 4.86. The van der Waals surface area contributed by atoms with Crippen LogP contribution in [0, 0.1) is 0 Å². The number of carbonyl (C=O) groups is 3. The van der Waals surface area contributed by atoms with Gasteiger partial charge in [0, 0.05) is 30.8 Å². The predicted octanol–water partition coefficient (Wildman–Crippen LogP) is 1.00. The number of carbonyl (C=O) groups excluding carboxylic acids is 3. The second kappa shape index (κ2) is 6.40. The number of thioether (sulfide) groups is 1. The Morgan fingerprint density at radius 3 is 2.83 bits per heavy atom. The standard InChI is InChI=1S/C16H21N3O3S2/c1-16(2)15(22)18-10(8-23-16)14(21)19-5-4-11-9(7-19)6-12(24-11)13(20)17-3/h6,10H,4-5,7-8H2,1-3H3,(H,17,20)(H,18,22)/t10-/m1/s1. The summed E-state index contributed by atoms with van der Waals surface area (Å²) in [5.41, 5.74) is 1.04. The summed E-state index contributed by atoms with van der Waals surface area (Å²) in [7, 11) is 1.61. The van der Waals surface area contributed by atoms with Gasteiger partial charge in [0.1, 0.15) is 6.04 Å². The van der Waals surface area contributed by atoms with Crippen LogP contribution in [0.1, 0.15) is 34.0 Å². The first kappa shape index (κ1) is 17.3.